The normalized spacial score (nSPS) is 18.3. The highest BCUT2D eigenvalue weighted by Crippen LogP contribution is 2.42. The summed E-state index contributed by atoms with van der Waals surface area (Å²) in [6, 6.07) is 4.91. The van der Waals surface area contributed by atoms with Crippen molar-refractivity contribution in [3.63, 3.8) is 0 Å². The zero-order chi connectivity index (χ0) is 21.0. The van der Waals surface area contributed by atoms with Gasteiger partial charge in [-0.15, -0.1) is 22.7 Å². The fraction of sp³-hybridized carbons (Fsp3) is 0.364. The van der Waals surface area contributed by atoms with Crippen molar-refractivity contribution < 1.29 is 14.0 Å². The summed E-state index contributed by atoms with van der Waals surface area (Å²) >= 11 is 8.99. The van der Waals surface area contributed by atoms with Gasteiger partial charge in [-0.2, -0.15) is 0 Å². The summed E-state index contributed by atoms with van der Waals surface area (Å²) in [7, 11) is 0. The van der Waals surface area contributed by atoms with Crippen molar-refractivity contribution in [1.29, 1.82) is 0 Å². The second-order valence-corrected chi connectivity index (χ2v) is 10.7. The first kappa shape index (κ1) is 20.0. The average molecular weight is 463 g/mol. The van der Waals surface area contributed by atoms with Crippen molar-refractivity contribution in [2.75, 3.05) is 5.32 Å². The molecule has 1 saturated carbocycles. The highest BCUT2D eigenvalue weighted by Gasteiger charge is 2.32. The van der Waals surface area contributed by atoms with Crippen LogP contribution in [0.2, 0.25) is 5.02 Å². The zero-order valence-corrected chi connectivity index (χ0v) is 18.7. The number of nitrogens with one attached hydrogen (secondary N) is 2. The lowest BCUT2D eigenvalue weighted by atomic mass is 9.88. The van der Waals surface area contributed by atoms with Crippen LogP contribution >= 0.6 is 34.3 Å². The smallest absolute Gasteiger partial charge is 0.267 e. The number of hydrogen-bond donors (Lipinski definition) is 2. The van der Waals surface area contributed by atoms with Gasteiger partial charge in [0.25, 0.3) is 11.8 Å². The minimum Gasteiger partial charge on any atom is -0.349 e. The Morgan fingerprint density at radius 2 is 1.97 bits per heavy atom. The van der Waals surface area contributed by atoms with E-state index >= 15 is 0 Å². The van der Waals surface area contributed by atoms with Gasteiger partial charge in [0.2, 0.25) is 0 Å². The molecule has 0 spiro atoms. The van der Waals surface area contributed by atoms with Gasteiger partial charge < -0.3 is 10.6 Å². The molecule has 4 nitrogen and oxygen atoms in total. The van der Waals surface area contributed by atoms with Crippen molar-refractivity contribution in [2.45, 2.75) is 45.1 Å². The van der Waals surface area contributed by atoms with Crippen molar-refractivity contribution in [3.8, 4) is 0 Å². The Morgan fingerprint density at radius 1 is 1.17 bits per heavy atom. The topological polar surface area (TPSA) is 58.2 Å². The van der Waals surface area contributed by atoms with Gasteiger partial charge in [-0.1, -0.05) is 24.6 Å². The third-order valence-electron chi connectivity index (χ3n) is 5.69. The van der Waals surface area contributed by atoms with Gasteiger partial charge in [-0.25, -0.2) is 4.39 Å². The van der Waals surface area contributed by atoms with Gasteiger partial charge in [-0.3, -0.25) is 9.59 Å². The summed E-state index contributed by atoms with van der Waals surface area (Å²) < 4.78 is 14.8. The highest BCUT2D eigenvalue weighted by atomic mass is 35.5. The maximum atomic E-state index is 14.2. The van der Waals surface area contributed by atoms with Crippen LogP contribution < -0.4 is 10.6 Å². The molecule has 0 radical (unpaired) electrons. The van der Waals surface area contributed by atoms with Crippen LogP contribution in [0, 0.1) is 11.7 Å². The molecular weight excluding hydrogens is 443 g/mol. The van der Waals surface area contributed by atoms with E-state index in [0.29, 0.717) is 21.2 Å². The van der Waals surface area contributed by atoms with E-state index in [1.807, 2.05) is 0 Å². The van der Waals surface area contributed by atoms with Crippen LogP contribution in [0.4, 0.5) is 9.39 Å². The number of anilines is 1. The lowest BCUT2D eigenvalue weighted by Crippen LogP contribution is -2.27. The maximum Gasteiger partial charge on any atom is 0.267 e. The third-order valence-corrected chi connectivity index (χ3v) is 8.50. The average Bonchev–Trinajstić information content (AvgIpc) is 3.34. The largest absolute Gasteiger partial charge is 0.349 e. The molecule has 8 heteroatoms. The number of benzene rings is 1. The van der Waals surface area contributed by atoms with Crippen molar-refractivity contribution in [1.82, 2.24) is 5.32 Å². The van der Waals surface area contributed by atoms with E-state index in [2.05, 4.69) is 17.6 Å². The molecule has 2 amide bonds. The second-order valence-electron chi connectivity index (χ2n) is 8.12. The lowest BCUT2D eigenvalue weighted by molar-refractivity contribution is 0.0951. The van der Waals surface area contributed by atoms with Crippen LogP contribution in [0.25, 0.3) is 10.1 Å². The number of fused-ring (bicyclic) bond motifs is 2. The van der Waals surface area contributed by atoms with Gasteiger partial charge in [0.1, 0.15) is 15.7 Å². The Bertz CT molecular complexity index is 1180. The molecule has 5 rings (SSSR count). The first-order chi connectivity index (χ1) is 14.4. The van der Waals surface area contributed by atoms with E-state index in [1.54, 1.807) is 12.1 Å². The maximum absolute atomic E-state index is 14.2. The van der Waals surface area contributed by atoms with Crippen molar-refractivity contribution in [3.05, 3.63) is 49.9 Å². The van der Waals surface area contributed by atoms with Crippen LogP contribution in [0.3, 0.4) is 0 Å². The summed E-state index contributed by atoms with van der Waals surface area (Å²) in [6.45, 7) is 2.20. The van der Waals surface area contributed by atoms with Crippen LogP contribution in [0.5, 0.6) is 0 Å². The molecule has 3 aromatic rings. The molecule has 1 aromatic carbocycles. The van der Waals surface area contributed by atoms with Crippen LogP contribution in [0.15, 0.2) is 18.2 Å². The molecule has 2 aliphatic carbocycles. The Hall–Kier alpha value is -1.96. The third kappa shape index (κ3) is 3.53. The lowest BCUT2D eigenvalue weighted by Gasteiger charge is -2.18. The molecule has 0 saturated heterocycles. The first-order valence-corrected chi connectivity index (χ1v) is 12.1. The molecule has 2 heterocycles. The van der Waals surface area contributed by atoms with Gasteiger partial charge in [0, 0.05) is 21.0 Å². The zero-order valence-electron chi connectivity index (χ0n) is 16.3. The minimum absolute atomic E-state index is 0.115. The fourth-order valence-corrected chi connectivity index (χ4v) is 6.80. The van der Waals surface area contributed by atoms with Gasteiger partial charge in [0.15, 0.2) is 0 Å². The highest BCUT2D eigenvalue weighted by molar-refractivity contribution is 7.22. The summed E-state index contributed by atoms with van der Waals surface area (Å²) in [5, 5.41) is 6.91. The fourth-order valence-electron chi connectivity index (χ4n) is 3.94. The number of rotatable bonds is 4. The van der Waals surface area contributed by atoms with Crippen molar-refractivity contribution in [2.24, 2.45) is 5.92 Å². The second kappa shape index (κ2) is 7.62. The van der Waals surface area contributed by atoms with E-state index in [9.17, 15) is 14.0 Å². The molecule has 1 fully saturated rings. The van der Waals surface area contributed by atoms with E-state index in [4.69, 9.17) is 11.6 Å². The van der Waals surface area contributed by atoms with Crippen LogP contribution in [-0.2, 0) is 12.8 Å². The van der Waals surface area contributed by atoms with E-state index in [0.717, 1.165) is 49.0 Å². The number of halogens is 2. The Balaban J connectivity index is 1.51. The number of hydrogen-bond acceptors (Lipinski definition) is 4. The monoisotopic (exact) mass is 462 g/mol. The molecule has 0 aliphatic heterocycles. The standard InChI is InChI=1S/C22H20ClFN2O2S2/c1-10-5-8-12-15(9-10)30-22(16(12)20(27)25-11-6-7-11)26-21(28)19-18(23)17-13(24)3-2-4-14(17)29-19/h2-4,10-11H,5-9H2,1H3,(H,25,27)(H,26,28). The van der Waals surface area contributed by atoms with Gasteiger partial charge in [-0.05, 0) is 55.7 Å². The minimum atomic E-state index is -0.446. The Kier molecular flexibility index (Phi) is 5.08. The number of carbonyl (C=O) groups is 2. The molecule has 156 valence electrons. The predicted octanol–water partition coefficient (Wildman–Crippen LogP) is 6.02. The van der Waals surface area contributed by atoms with Crippen LogP contribution in [-0.4, -0.2) is 17.9 Å². The van der Waals surface area contributed by atoms with Crippen molar-refractivity contribution >= 4 is 61.2 Å². The molecule has 30 heavy (non-hydrogen) atoms. The van der Waals surface area contributed by atoms with Gasteiger partial charge >= 0.3 is 0 Å². The molecule has 0 bridgehead atoms. The molecule has 2 aromatic heterocycles. The summed E-state index contributed by atoms with van der Waals surface area (Å²) in [4.78, 5) is 27.5. The molecule has 1 unspecified atom stereocenters. The summed E-state index contributed by atoms with van der Waals surface area (Å²) in [6.07, 6.45) is 4.78. The number of carbonyl (C=O) groups excluding carboxylic acids is 2. The van der Waals surface area contributed by atoms with E-state index in [-0.39, 0.29) is 27.2 Å². The first-order valence-electron chi connectivity index (χ1n) is 10.1. The van der Waals surface area contributed by atoms with Gasteiger partial charge in [0.05, 0.1) is 10.6 Å². The molecule has 2 aliphatic rings. The predicted molar refractivity (Wildman–Crippen MR) is 121 cm³/mol. The quantitative estimate of drug-likeness (QED) is 0.497. The van der Waals surface area contributed by atoms with Crippen LogP contribution in [0.1, 0.15) is 56.7 Å². The summed E-state index contributed by atoms with van der Waals surface area (Å²) in [5.41, 5.74) is 1.64. The van der Waals surface area contributed by atoms with E-state index in [1.165, 1.54) is 22.3 Å². The van der Waals surface area contributed by atoms with E-state index < -0.39 is 11.7 Å². The summed E-state index contributed by atoms with van der Waals surface area (Å²) in [5.74, 6) is -0.419. The molecule has 1 atom stereocenters. The molecule has 2 N–H and O–H groups in total. The Labute approximate surface area is 186 Å². The SMILES string of the molecule is CC1CCc2c(sc(NC(=O)c3sc4cccc(F)c4c3Cl)c2C(=O)NC2CC2)C1. The Morgan fingerprint density at radius 3 is 2.70 bits per heavy atom. The number of amides is 2. The number of thiophene rings is 2. The molecular formula is C22H20ClFN2O2S2.